The monoisotopic (exact) mass is 339 g/mol. The molecule has 5 heteroatoms. The van der Waals surface area contributed by atoms with E-state index in [0.717, 1.165) is 27.6 Å². The molecule has 0 spiro atoms. The van der Waals surface area contributed by atoms with E-state index < -0.39 is 24.4 Å². The number of hydrogen-bond donors (Lipinski definition) is 4. The SMILES string of the molecule is OCC1OC(c2cccc(-c3ccc4[nH]ccc4c3)c2)C(O)CC1O. The lowest BCUT2D eigenvalue weighted by Gasteiger charge is -2.36. The number of rotatable bonds is 3. The first-order valence-corrected chi connectivity index (χ1v) is 8.45. The predicted molar refractivity (Wildman–Crippen MR) is 95.1 cm³/mol. The van der Waals surface area contributed by atoms with Crippen LogP contribution in [0.3, 0.4) is 0 Å². The molecule has 0 aliphatic carbocycles. The molecule has 5 nitrogen and oxygen atoms in total. The molecule has 4 N–H and O–H groups in total. The largest absolute Gasteiger partial charge is 0.394 e. The lowest BCUT2D eigenvalue weighted by Crippen LogP contribution is -2.44. The van der Waals surface area contributed by atoms with Gasteiger partial charge in [0.15, 0.2) is 0 Å². The van der Waals surface area contributed by atoms with Gasteiger partial charge in [-0.15, -0.1) is 0 Å². The third-order valence-corrected chi connectivity index (χ3v) is 4.86. The van der Waals surface area contributed by atoms with Gasteiger partial charge in [-0.25, -0.2) is 0 Å². The number of aliphatic hydroxyl groups excluding tert-OH is 3. The summed E-state index contributed by atoms with van der Waals surface area (Å²) in [6, 6.07) is 16.1. The lowest BCUT2D eigenvalue weighted by molar-refractivity contribution is -0.181. The first-order chi connectivity index (χ1) is 12.2. The summed E-state index contributed by atoms with van der Waals surface area (Å²) in [7, 11) is 0. The molecule has 1 saturated heterocycles. The number of fused-ring (bicyclic) bond motifs is 1. The zero-order valence-electron chi connectivity index (χ0n) is 13.7. The van der Waals surface area contributed by atoms with E-state index in [0.29, 0.717) is 0 Å². The van der Waals surface area contributed by atoms with Gasteiger partial charge in [-0.3, -0.25) is 0 Å². The van der Waals surface area contributed by atoms with Crippen molar-refractivity contribution in [2.24, 2.45) is 0 Å². The van der Waals surface area contributed by atoms with Crippen LogP contribution in [0.4, 0.5) is 0 Å². The molecule has 1 fully saturated rings. The Morgan fingerprint density at radius 1 is 1.00 bits per heavy atom. The van der Waals surface area contributed by atoms with E-state index in [1.807, 2.05) is 42.6 Å². The van der Waals surface area contributed by atoms with Crippen molar-refractivity contribution in [1.82, 2.24) is 4.98 Å². The summed E-state index contributed by atoms with van der Waals surface area (Å²) >= 11 is 0. The van der Waals surface area contributed by atoms with Crippen LogP contribution < -0.4 is 0 Å². The number of aromatic amines is 1. The standard InChI is InChI=1S/C20H21NO4/c22-11-19-17(23)10-18(24)20(25-19)15-3-1-2-12(9-15)13-4-5-16-14(8-13)6-7-21-16/h1-9,17-24H,10-11H2. The van der Waals surface area contributed by atoms with E-state index in [-0.39, 0.29) is 13.0 Å². The Morgan fingerprint density at radius 3 is 2.68 bits per heavy atom. The molecule has 1 aliphatic heterocycles. The Labute approximate surface area is 145 Å². The van der Waals surface area contributed by atoms with Crippen LogP contribution in [-0.4, -0.2) is 45.2 Å². The van der Waals surface area contributed by atoms with E-state index >= 15 is 0 Å². The number of hydrogen-bond acceptors (Lipinski definition) is 4. The smallest absolute Gasteiger partial charge is 0.109 e. The number of ether oxygens (including phenoxy) is 1. The maximum atomic E-state index is 10.3. The van der Waals surface area contributed by atoms with E-state index in [9.17, 15) is 15.3 Å². The van der Waals surface area contributed by atoms with Crippen LogP contribution in [0.25, 0.3) is 22.0 Å². The minimum absolute atomic E-state index is 0.190. The summed E-state index contributed by atoms with van der Waals surface area (Å²) in [6.07, 6.45) is -0.784. The van der Waals surface area contributed by atoms with Gasteiger partial charge in [0.1, 0.15) is 12.2 Å². The highest BCUT2D eigenvalue weighted by atomic mass is 16.5. The number of H-pyrrole nitrogens is 1. The minimum atomic E-state index is -0.851. The molecule has 0 bridgehead atoms. The Morgan fingerprint density at radius 2 is 1.84 bits per heavy atom. The third kappa shape index (κ3) is 3.07. The van der Waals surface area contributed by atoms with Gasteiger partial charge in [-0.1, -0.05) is 24.3 Å². The Kier molecular flexibility index (Phi) is 4.31. The maximum absolute atomic E-state index is 10.3. The van der Waals surface area contributed by atoms with Gasteiger partial charge in [0.2, 0.25) is 0 Å². The molecule has 2 aromatic carbocycles. The quantitative estimate of drug-likeness (QED) is 0.590. The molecule has 1 aromatic heterocycles. The van der Waals surface area contributed by atoms with Crippen molar-refractivity contribution >= 4 is 10.9 Å². The topological polar surface area (TPSA) is 85.7 Å². The van der Waals surface area contributed by atoms with Crippen LogP contribution >= 0.6 is 0 Å². The fourth-order valence-electron chi connectivity index (χ4n) is 3.49. The molecular formula is C20H21NO4. The van der Waals surface area contributed by atoms with Gasteiger partial charge >= 0.3 is 0 Å². The van der Waals surface area contributed by atoms with Gasteiger partial charge < -0.3 is 25.0 Å². The summed E-state index contributed by atoms with van der Waals surface area (Å²) in [4.78, 5) is 3.18. The van der Waals surface area contributed by atoms with Crippen LogP contribution in [0.2, 0.25) is 0 Å². The van der Waals surface area contributed by atoms with Crippen molar-refractivity contribution in [3.63, 3.8) is 0 Å². The second-order valence-corrected chi connectivity index (χ2v) is 6.55. The third-order valence-electron chi connectivity index (χ3n) is 4.86. The van der Waals surface area contributed by atoms with Crippen molar-refractivity contribution in [3.8, 4) is 11.1 Å². The lowest BCUT2D eigenvalue weighted by atomic mass is 9.92. The van der Waals surface area contributed by atoms with Crippen molar-refractivity contribution < 1.29 is 20.1 Å². The molecule has 4 rings (SSSR count). The molecule has 0 saturated carbocycles. The first-order valence-electron chi connectivity index (χ1n) is 8.45. The van der Waals surface area contributed by atoms with Gasteiger partial charge in [0.05, 0.1) is 18.8 Å². The summed E-state index contributed by atoms with van der Waals surface area (Å²) in [5.74, 6) is 0. The molecule has 1 aliphatic rings. The van der Waals surface area contributed by atoms with Crippen molar-refractivity contribution in [1.29, 1.82) is 0 Å². The zero-order valence-corrected chi connectivity index (χ0v) is 13.7. The van der Waals surface area contributed by atoms with Crippen LogP contribution in [0.1, 0.15) is 18.1 Å². The summed E-state index contributed by atoms with van der Waals surface area (Å²) in [6.45, 7) is -0.270. The van der Waals surface area contributed by atoms with E-state index in [1.54, 1.807) is 0 Å². The van der Waals surface area contributed by atoms with Gasteiger partial charge in [-0.05, 0) is 46.3 Å². The number of benzene rings is 2. The zero-order chi connectivity index (χ0) is 17.4. The highest BCUT2D eigenvalue weighted by Gasteiger charge is 2.36. The summed E-state index contributed by atoms with van der Waals surface area (Å²) < 4.78 is 5.74. The average molecular weight is 339 g/mol. The van der Waals surface area contributed by atoms with Crippen molar-refractivity contribution in [3.05, 3.63) is 60.3 Å². The number of aliphatic hydroxyl groups is 3. The maximum Gasteiger partial charge on any atom is 0.109 e. The first kappa shape index (κ1) is 16.3. The summed E-state index contributed by atoms with van der Waals surface area (Å²) in [5, 5.41) is 30.7. The molecule has 130 valence electrons. The van der Waals surface area contributed by atoms with Gasteiger partial charge in [-0.2, -0.15) is 0 Å². The Balaban J connectivity index is 1.66. The fraction of sp³-hybridized carbons (Fsp3) is 0.300. The van der Waals surface area contributed by atoms with Crippen LogP contribution in [0, 0.1) is 0 Å². The molecule has 2 heterocycles. The van der Waals surface area contributed by atoms with Gasteiger partial charge in [0.25, 0.3) is 0 Å². The molecule has 4 atom stereocenters. The fourth-order valence-corrected chi connectivity index (χ4v) is 3.49. The van der Waals surface area contributed by atoms with Crippen LogP contribution in [0.5, 0.6) is 0 Å². The normalized spacial score (nSPS) is 26.8. The van der Waals surface area contributed by atoms with Crippen molar-refractivity contribution in [2.45, 2.75) is 30.8 Å². The Hall–Kier alpha value is -2.18. The van der Waals surface area contributed by atoms with E-state index in [4.69, 9.17) is 4.74 Å². The molecule has 4 unspecified atom stereocenters. The second kappa shape index (κ2) is 6.61. The average Bonchev–Trinajstić information content (AvgIpc) is 3.09. The molecular weight excluding hydrogens is 318 g/mol. The van der Waals surface area contributed by atoms with E-state index in [2.05, 4.69) is 17.1 Å². The molecule has 25 heavy (non-hydrogen) atoms. The molecule has 0 amide bonds. The summed E-state index contributed by atoms with van der Waals surface area (Å²) in [5.41, 5.74) is 4.04. The highest BCUT2D eigenvalue weighted by molar-refractivity contribution is 5.85. The minimum Gasteiger partial charge on any atom is -0.394 e. The Bertz CT molecular complexity index is 875. The van der Waals surface area contributed by atoms with Gasteiger partial charge in [0, 0.05) is 18.1 Å². The van der Waals surface area contributed by atoms with Crippen molar-refractivity contribution in [2.75, 3.05) is 6.61 Å². The predicted octanol–water partition coefficient (Wildman–Crippen LogP) is 2.38. The van der Waals surface area contributed by atoms with E-state index in [1.165, 1.54) is 0 Å². The number of aromatic nitrogens is 1. The highest BCUT2D eigenvalue weighted by Crippen LogP contribution is 2.34. The molecule has 3 aromatic rings. The van der Waals surface area contributed by atoms with Crippen LogP contribution in [-0.2, 0) is 4.74 Å². The molecule has 0 radical (unpaired) electrons. The van der Waals surface area contributed by atoms with Crippen LogP contribution in [0.15, 0.2) is 54.7 Å². The second-order valence-electron chi connectivity index (χ2n) is 6.55. The number of nitrogens with one attached hydrogen (secondary N) is 1.